The van der Waals surface area contributed by atoms with Crippen LogP contribution in [0.2, 0.25) is 0 Å². The van der Waals surface area contributed by atoms with E-state index in [2.05, 4.69) is 31.1 Å². The molecule has 1 N–H and O–H groups in total. The zero-order chi connectivity index (χ0) is 11.5. The van der Waals surface area contributed by atoms with E-state index in [0.717, 1.165) is 12.5 Å². The average Bonchev–Trinajstić information content (AvgIpc) is 2.54. The van der Waals surface area contributed by atoms with Crippen LogP contribution in [0, 0.1) is 19.8 Å². The van der Waals surface area contributed by atoms with Crippen molar-refractivity contribution in [2.75, 3.05) is 0 Å². The van der Waals surface area contributed by atoms with Crippen LogP contribution >= 0.6 is 11.3 Å². The molecule has 1 saturated carbocycles. The fourth-order valence-electron chi connectivity index (χ4n) is 2.60. The maximum Gasteiger partial charge on any atom is 0.0900 e. The molecule has 1 aromatic heterocycles. The molecule has 0 spiro atoms. The Hall–Kier alpha value is -0.410. The molecule has 1 aromatic rings. The number of aryl methyl sites for hydroxylation is 2. The Morgan fingerprint density at radius 3 is 2.81 bits per heavy atom. The molecule has 1 aliphatic carbocycles. The number of rotatable bonds is 3. The van der Waals surface area contributed by atoms with E-state index in [1.165, 1.54) is 41.3 Å². The molecule has 1 heterocycles. The molecular formula is C13H22N2S. The van der Waals surface area contributed by atoms with Gasteiger partial charge in [0.1, 0.15) is 0 Å². The largest absolute Gasteiger partial charge is 0.308 e. The van der Waals surface area contributed by atoms with E-state index in [0.29, 0.717) is 6.04 Å². The molecule has 2 rings (SSSR count). The van der Waals surface area contributed by atoms with Gasteiger partial charge in [0.2, 0.25) is 0 Å². The summed E-state index contributed by atoms with van der Waals surface area (Å²) in [7, 11) is 0. The van der Waals surface area contributed by atoms with Crippen molar-refractivity contribution in [2.24, 2.45) is 5.92 Å². The Balaban J connectivity index is 1.85. The third-order valence-corrected chi connectivity index (χ3v) is 4.42. The Kier molecular flexibility index (Phi) is 3.98. The number of hydrogen-bond donors (Lipinski definition) is 1. The first kappa shape index (κ1) is 12.1. The van der Waals surface area contributed by atoms with E-state index < -0.39 is 0 Å². The standard InChI is InChI=1S/C13H22N2S/c1-9-5-4-6-12(7-9)14-8-13-10(2)16-11(3)15-13/h9,12,14H,4-8H2,1-3H3. The zero-order valence-corrected chi connectivity index (χ0v) is 11.4. The van der Waals surface area contributed by atoms with Crippen molar-refractivity contribution in [1.82, 2.24) is 10.3 Å². The van der Waals surface area contributed by atoms with Crippen molar-refractivity contribution in [3.05, 3.63) is 15.6 Å². The lowest BCUT2D eigenvalue weighted by Gasteiger charge is -2.27. The minimum Gasteiger partial charge on any atom is -0.308 e. The Morgan fingerprint density at radius 2 is 2.19 bits per heavy atom. The summed E-state index contributed by atoms with van der Waals surface area (Å²) in [5.41, 5.74) is 1.25. The first-order valence-electron chi connectivity index (χ1n) is 6.31. The lowest BCUT2D eigenvalue weighted by Crippen LogP contribution is -2.33. The van der Waals surface area contributed by atoms with E-state index >= 15 is 0 Å². The highest BCUT2D eigenvalue weighted by Gasteiger charge is 2.18. The number of thiazole rings is 1. The van der Waals surface area contributed by atoms with Crippen LogP contribution in [0.1, 0.15) is 48.2 Å². The molecule has 2 atom stereocenters. The van der Waals surface area contributed by atoms with Crippen molar-refractivity contribution in [2.45, 2.75) is 59.0 Å². The molecule has 3 heteroatoms. The number of aromatic nitrogens is 1. The van der Waals surface area contributed by atoms with Gasteiger partial charge in [0, 0.05) is 17.5 Å². The molecule has 1 fully saturated rings. The van der Waals surface area contributed by atoms with Crippen molar-refractivity contribution >= 4 is 11.3 Å². The van der Waals surface area contributed by atoms with Crippen LogP contribution in [-0.2, 0) is 6.54 Å². The molecular weight excluding hydrogens is 216 g/mol. The normalized spacial score (nSPS) is 25.9. The van der Waals surface area contributed by atoms with Crippen molar-refractivity contribution in [1.29, 1.82) is 0 Å². The second-order valence-corrected chi connectivity index (χ2v) is 6.49. The lowest BCUT2D eigenvalue weighted by molar-refractivity contribution is 0.300. The minimum atomic E-state index is 0.713. The monoisotopic (exact) mass is 238 g/mol. The highest BCUT2D eigenvalue weighted by atomic mass is 32.1. The van der Waals surface area contributed by atoms with Gasteiger partial charge >= 0.3 is 0 Å². The zero-order valence-electron chi connectivity index (χ0n) is 10.5. The van der Waals surface area contributed by atoms with E-state index in [1.54, 1.807) is 11.3 Å². The van der Waals surface area contributed by atoms with Crippen molar-refractivity contribution in [3.8, 4) is 0 Å². The fraction of sp³-hybridized carbons (Fsp3) is 0.769. The summed E-state index contributed by atoms with van der Waals surface area (Å²) < 4.78 is 0. The van der Waals surface area contributed by atoms with Crippen LogP contribution in [0.15, 0.2) is 0 Å². The fourth-order valence-corrected chi connectivity index (χ4v) is 3.43. The van der Waals surface area contributed by atoms with Gasteiger partial charge in [0.25, 0.3) is 0 Å². The number of hydrogen-bond acceptors (Lipinski definition) is 3. The van der Waals surface area contributed by atoms with Crippen LogP contribution < -0.4 is 5.32 Å². The van der Waals surface area contributed by atoms with Gasteiger partial charge in [-0.3, -0.25) is 0 Å². The summed E-state index contributed by atoms with van der Waals surface area (Å²) >= 11 is 1.81. The van der Waals surface area contributed by atoms with Gasteiger partial charge in [-0.1, -0.05) is 19.8 Å². The first-order valence-corrected chi connectivity index (χ1v) is 7.13. The predicted octanol–water partition coefficient (Wildman–Crippen LogP) is 3.43. The Bertz CT molecular complexity index is 346. The van der Waals surface area contributed by atoms with E-state index in [4.69, 9.17) is 0 Å². The molecule has 0 saturated heterocycles. The number of nitrogens with zero attached hydrogens (tertiary/aromatic N) is 1. The molecule has 2 unspecified atom stereocenters. The lowest BCUT2D eigenvalue weighted by atomic mass is 9.87. The van der Waals surface area contributed by atoms with Gasteiger partial charge in [-0.25, -0.2) is 4.98 Å². The van der Waals surface area contributed by atoms with Gasteiger partial charge in [-0.15, -0.1) is 11.3 Å². The van der Waals surface area contributed by atoms with Crippen LogP contribution in [-0.4, -0.2) is 11.0 Å². The summed E-state index contributed by atoms with van der Waals surface area (Å²) in [5, 5.41) is 4.85. The summed E-state index contributed by atoms with van der Waals surface area (Å²) in [5.74, 6) is 0.893. The van der Waals surface area contributed by atoms with Crippen molar-refractivity contribution < 1.29 is 0 Å². The van der Waals surface area contributed by atoms with Gasteiger partial charge in [-0.05, 0) is 32.6 Å². The van der Waals surface area contributed by atoms with Crippen LogP contribution in [0.3, 0.4) is 0 Å². The maximum atomic E-state index is 4.57. The summed E-state index contributed by atoms with van der Waals surface area (Å²) in [6, 6.07) is 0.713. The van der Waals surface area contributed by atoms with Gasteiger partial charge in [0.15, 0.2) is 0 Å². The minimum absolute atomic E-state index is 0.713. The summed E-state index contributed by atoms with van der Waals surface area (Å²) in [6.07, 6.45) is 5.47. The maximum absolute atomic E-state index is 4.57. The second kappa shape index (κ2) is 5.28. The molecule has 90 valence electrons. The second-order valence-electron chi connectivity index (χ2n) is 5.09. The third kappa shape index (κ3) is 3.05. The molecule has 0 bridgehead atoms. The summed E-state index contributed by atoms with van der Waals surface area (Å²) in [6.45, 7) is 7.58. The molecule has 1 aliphatic rings. The van der Waals surface area contributed by atoms with E-state index in [9.17, 15) is 0 Å². The van der Waals surface area contributed by atoms with Gasteiger partial charge < -0.3 is 5.32 Å². The molecule has 16 heavy (non-hydrogen) atoms. The topological polar surface area (TPSA) is 24.9 Å². The molecule has 2 nitrogen and oxygen atoms in total. The Labute approximate surface area is 102 Å². The quantitative estimate of drug-likeness (QED) is 0.872. The molecule has 0 aromatic carbocycles. The molecule has 0 aliphatic heterocycles. The third-order valence-electron chi connectivity index (χ3n) is 3.49. The Morgan fingerprint density at radius 1 is 1.38 bits per heavy atom. The highest BCUT2D eigenvalue weighted by Crippen LogP contribution is 2.24. The van der Waals surface area contributed by atoms with Crippen LogP contribution in [0.4, 0.5) is 0 Å². The average molecular weight is 238 g/mol. The highest BCUT2D eigenvalue weighted by molar-refractivity contribution is 7.11. The first-order chi connectivity index (χ1) is 7.65. The van der Waals surface area contributed by atoms with Crippen LogP contribution in [0.25, 0.3) is 0 Å². The smallest absolute Gasteiger partial charge is 0.0900 e. The van der Waals surface area contributed by atoms with E-state index in [-0.39, 0.29) is 0 Å². The molecule has 0 amide bonds. The van der Waals surface area contributed by atoms with Gasteiger partial charge in [-0.2, -0.15) is 0 Å². The van der Waals surface area contributed by atoms with E-state index in [1.807, 2.05) is 0 Å². The van der Waals surface area contributed by atoms with Crippen LogP contribution in [0.5, 0.6) is 0 Å². The molecule has 0 radical (unpaired) electrons. The SMILES string of the molecule is Cc1nc(CNC2CCCC(C)C2)c(C)s1. The summed E-state index contributed by atoms with van der Waals surface area (Å²) in [4.78, 5) is 5.94. The predicted molar refractivity (Wildman–Crippen MR) is 69.8 cm³/mol. The van der Waals surface area contributed by atoms with Crippen molar-refractivity contribution in [3.63, 3.8) is 0 Å². The van der Waals surface area contributed by atoms with Gasteiger partial charge in [0.05, 0.1) is 10.7 Å². The number of nitrogens with one attached hydrogen (secondary N) is 1.